The van der Waals surface area contributed by atoms with E-state index in [1.165, 1.54) is 26.2 Å². The number of hydrogen-bond donors (Lipinski definition) is 2. The fourth-order valence-electron chi connectivity index (χ4n) is 2.19. The second kappa shape index (κ2) is 8.69. The Hall–Kier alpha value is -2.57. The molecular weight excluding hydrogens is 358 g/mol. The highest BCUT2D eigenvalue weighted by Gasteiger charge is 2.20. The molecule has 1 atom stereocenters. The number of methoxy groups -OCH3 is 1. The molecule has 0 heterocycles. The zero-order valence-corrected chi connectivity index (χ0v) is 15.5. The van der Waals surface area contributed by atoms with Crippen LogP contribution in [0.15, 0.2) is 36.4 Å². The smallest absolute Gasteiger partial charge is 0.338 e. The van der Waals surface area contributed by atoms with Crippen molar-refractivity contribution in [2.75, 3.05) is 12.4 Å². The molecule has 1 unspecified atom stereocenters. The van der Waals surface area contributed by atoms with Gasteiger partial charge in [0.25, 0.3) is 5.91 Å². The van der Waals surface area contributed by atoms with Crippen LogP contribution in [-0.4, -0.2) is 30.2 Å². The maximum absolute atomic E-state index is 12.3. The van der Waals surface area contributed by atoms with Crippen molar-refractivity contribution in [2.45, 2.75) is 26.6 Å². The zero-order chi connectivity index (χ0) is 19.3. The summed E-state index contributed by atoms with van der Waals surface area (Å²) in [5.41, 5.74) is 2.19. The number of benzene rings is 2. The summed E-state index contributed by atoms with van der Waals surface area (Å²) < 4.78 is 10.4. The molecule has 7 heteroatoms. The fourth-order valence-corrected chi connectivity index (χ4v) is 2.35. The van der Waals surface area contributed by atoms with Gasteiger partial charge in [-0.2, -0.15) is 0 Å². The molecule has 2 N–H and O–H groups in total. The maximum atomic E-state index is 12.3. The van der Waals surface area contributed by atoms with E-state index in [9.17, 15) is 9.59 Å². The highest BCUT2D eigenvalue weighted by molar-refractivity contribution is 6.31. The van der Waals surface area contributed by atoms with E-state index in [1.54, 1.807) is 31.2 Å². The summed E-state index contributed by atoms with van der Waals surface area (Å²) in [6.07, 6.45) is -1.01. The van der Waals surface area contributed by atoms with E-state index in [1.807, 2.05) is 0 Å². The summed E-state index contributed by atoms with van der Waals surface area (Å²) in [5.74, 6) is -0.714. The number of anilines is 1. The van der Waals surface area contributed by atoms with Crippen LogP contribution in [0.2, 0.25) is 5.02 Å². The molecule has 0 radical (unpaired) electrons. The molecule has 0 bridgehead atoms. The first-order valence-corrected chi connectivity index (χ1v) is 8.29. The van der Waals surface area contributed by atoms with Crippen molar-refractivity contribution >= 4 is 29.2 Å². The number of hydrogen-bond acceptors (Lipinski definition) is 5. The SMILES string of the molecule is COc1cc(Cl)c(C)cc1NC(=O)C(C)OC(=O)c1ccc(CO)cc1. The second-order valence-electron chi connectivity index (χ2n) is 5.69. The van der Waals surface area contributed by atoms with E-state index >= 15 is 0 Å². The van der Waals surface area contributed by atoms with Crippen LogP contribution in [0, 0.1) is 6.92 Å². The summed E-state index contributed by atoms with van der Waals surface area (Å²) >= 11 is 6.04. The zero-order valence-electron chi connectivity index (χ0n) is 14.7. The Morgan fingerprint density at radius 2 is 1.88 bits per heavy atom. The molecule has 0 aliphatic heterocycles. The van der Waals surface area contributed by atoms with Gasteiger partial charge in [0.2, 0.25) is 0 Å². The van der Waals surface area contributed by atoms with Gasteiger partial charge in [0.15, 0.2) is 6.10 Å². The number of aliphatic hydroxyl groups is 1. The first kappa shape index (κ1) is 19.8. The summed E-state index contributed by atoms with van der Waals surface area (Å²) in [5, 5.41) is 12.2. The van der Waals surface area contributed by atoms with Crippen LogP contribution in [0.4, 0.5) is 5.69 Å². The Labute approximate surface area is 156 Å². The molecule has 138 valence electrons. The monoisotopic (exact) mass is 377 g/mol. The number of amides is 1. The van der Waals surface area contributed by atoms with E-state index in [-0.39, 0.29) is 6.61 Å². The molecule has 0 fully saturated rings. The van der Waals surface area contributed by atoms with E-state index in [0.29, 0.717) is 27.6 Å². The number of nitrogens with one attached hydrogen (secondary N) is 1. The molecule has 2 aromatic rings. The standard InChI is InChI=1S/C19H20ClNO5/c1-11-8-16(17(25-3)9-15(11)20)21-18(23)12(2)26-19(24)14-6-4-13(10-22)5-7-14/h4-9,12,22H,10H2,1-3H3,(H,21,23). The van der Waals surface area contributed by atoms with Crippen LogP contribution >= 0.6 is 11.6 Å². The Morgan fingerprint density at radius 3 is 2.46 bits per heavy atom. The lowest BCUT2D eigenvalue weighted by Gasteiger charge is -2.16. The van der Waals surface area contributed by atoms with E-state index in [4.69, 9.17) is 26.2 Å². The van der Waals surface area contributed by atoms with Crippen molar-refractivity contribution in [3.8, 4) is 5.75 Å². The minimum absolute atomic E-state index is 0.115. The van der Waals surface area contributed by atoms with Gasteiger partial charge in [0, 0.05) is 11.1 Å². The van der Waals surface area contributed by atoms with Gasteiger partial charge >= 0.3 is 5.97 Å². The van der Waals surface area contributed by atoms with Gasteiger partial charge in [0.05, 0.1) is 25.0 Å². The van der Waals surface area contributed by atoms with Crippen molar-refractivity contribution in [2.24, 2.45) is 0 Å². The van der Waals surface area contributed by atoms with Gasteiger partial charge in [-0.05, 0) is 43.2 Å². The van der Waals surface area contributed by atoms with Crippen molar-refractivity contribution in [3.05, 3.63) is 58.1 Å². The third-order valence-electron chi connectivity index (χ3n) is 3.76. The summed E-state index contributed by atoms with van der Waals surface area (Å²) in [6.45, 7) is 3.16. The van der Waals surface area contributed by atoms with Crippen molar-refractivity contribution < 1.29 is 24.2 Å². The van der Waals surface area contributed by atoms with Crippen LogP contribution in [0.1, 0.15) is 28.4 Å². The largest absolute Gasteiger partial charge is 0.495 e. The van der Waals surface area contributed by atoms with Crippen LogP contribution in [0.5, 0.6) is 5.75 Å². The highest BCUT2D eigenvalue weighted by atomic mass is 35.5. The van der Waals surface area contributed by atoms with E-state index in [2.05, 4.69) is 5.32 Å². The minimum atomic E-state index is -1.01. The Kier molecular flexibility index (Phi) is 6.60. The Balaban J connectivity index is 2.05. The average molecular weight is 378 g/mol. The summed E-state index contributed by atoms with van der Waals surface area (Å²) in [4.78, 5) is 24.5. The van der Waals surface area contributed by atoms with Gasteiger partial charge in [-0.3, -0.25) is 4.79 Å². The third-order valence-corrected chi connectivity index (χ3v) is 4.17. The lowest BCUT2D eigenvalue weighted by atomic mass is 10.1. The maximum Gasteiger partial charge on any atom is 0.338 e. The quantitative estimate of drug-likeness (QED) is 0.754. The predicted octanol–water partition coefficient (Wildman–Crippen LogP) is 3.33. The minimum Gasteiger partial charge on any atom is -0.495 e. The molecule has 6 nitrogen and oxygen atoms in total. The van der Waals surface area contributed by atoms with Gasteiger partial charge in [-0.15, -0.1) is 0 Å². The molecule has 0 aliphatic carbocycles. The van der Waals surface area contributed by atoms with Crippen LogP contribution in [0.3, 0.4) is 0 Å². The highest BCUT2D eigenvalue weighted by Crippen LogP contribution is 2.31. The van der Waals surface area contributed by atoms with Crippen LogP contribution in [-0.2, 0) is 16.1 Å². The molecule has 0 saturated heterocycles. The van der Waals surface area contributed by atoms with Crippen LogP contribution < -0.4 is 10.1 Å². The fraction of sp³-hybridized carbons (Fsp3) is 0.263. The number of carbonyl (C=O) groups excluding carboxylic acids is 2. The second-order valence-corrected chi connectivity index (χ2v) is 6.10. The van der Waals surface area contributed by atoms with Crippen molar-refractivity contribution in [3.63, 3.8) is 0 Å². The van der Waals surface area contributed by atoms with Crippen molar-refractivity contribution in [1.82, 2.24) is 0 Å². The number of esters is 1. The number of aliphatic hydroxyl groups excluding tert-OH is 1. The van der Waals surface area contributed by atoms with E-state index in [0.717, 1.165) is 5.56 Å². The lowest BCUT2D eigenvalue weighted by molar-refractivity contribution is -0.123. The number of rotatable bonds is 6. The van der Waals surface area contributed by atoms with Gasteiger partial charge in [0.1, 0.15) is 5.75 Å². The topological polar surface area (TPSA) is 84.9 Å². The van der Waals surface area contributed by atoms with E-state index < -0.39 is 18.0 Å². The summed E-state index contributed by atoms with van der Waals surface area (Å²) in [7, 11) is 1.47. The first-order valence-electron chi connectivity index (χ1n) is 7.91. The first-order chi connectivity index (χ1) is 12.3. The normalized spacial score (nSPS) is 11.6. The Morgan fingerprint density at radius 1 is 1.23 bits per heavy atom. The average Bonchev–Trinajstić information content (AvgIpc) is 2.64. The predicted molar refractivity (Wildman–Crippen MR) is 98.6 cm³/mol. The molecule has 0 aromatic heterocycles. The molecule has 0 spiro atoms. The number of carbonyl (C=O) groups is 2. The van der Waals surface area contributed by atoms with Crippen molar-refractivity contribution in [1.29, 1.82) is 0 Å². The molecule has 2 aromatic carbocycles. The van der Waals surface area contributed by atoms with Gasteiger partial charge in [-0.1, -0.05) is 23.7 Å². The number of aryl methyl sites for hydroxylation is 1. The van der Waals surface area contributed by atoms with Crippen LogP contribution in [0.25, 0.3) is 0 Å². The van der Waals surface area contributed by atoms with Gasteiger partial charge < -0.3 is 19.9 Å². The summed E-state index contributed by atoms with van der Waals surface area (Å²) in [6, 6.07) is 9.58. The molecule has 1 amide bonds. The molecule has 0 aliphatic rings. The lowest BCUT2D eigenvalue weighted by Crippen LogP contribution is -2.30. The Bertz CT molecular complexity index is 804. The number of halogens is 1. The van der Waals surface area contributed by atoms with Gasteiger partial charge in [-0.25, -0.2) is 4.79 Å². The third kappa shape index (κ3) is 4.74. The molecule has 2 rings (SSSR count). The number of ether oxygens (including phenoxy) is 2. The molecule has 0 saturated carbocycles. The molecular formula is C19H20ClNO5. The molecule has 26 heavy (non-hydrogen) atoms.